The summed E-state index contributed by atoms with van der Waals surface area (Å²) in [6.07, 6.45) is 3.29. The van der Waals surface area contributed by atoms with Gasteiger partial charge in [0.05, 0.1) is 0 Å². The summed E-state index contributed by atoms with van der Waals surface area (Å²) in [7, 11) is 0. The molecule has 0 radical (unpaired) electrons. The Hall–Kier alpha value is -0.960. The number of nitrogens with zero attached hydrogens (tertiary/aromatic N) is 1. The third-order valence-electron chi connectivity index (χ3n) is 1.98. The lowest BCUT2D eigenvalue weighted by atomic mass is 10.0. The Morgan fingerprint density at radius 1 is 1.31 bits per heavy atom. The minimum absolute atomic E-state index is 0.401. The third-order valence-corrected chi connectivity index (χ3v) is 1.98. The van der Waals surface area contributed by atoms with Gasteiger partial charge in [0.15, 0.2) is 0 Å². The molecule has 1 fully saturated rings. The molecule has 0 bridgehead atoms. The van der Waals surface area contributed by atoms with Crippen LogP contribution >= 0.6 is 0 Å². The van der Waals surface area contributed by atoms with Gasteiger partial charge in [0, 0.05) is 25.6 Å². The van der Waals surface area contributed by atoms with E-state index in [4.69, 9.17) is 0 Å². The molecular weight excluding hydrogens is 208 g/mol. The zero-order chi connectivity index (χ0) is 13.0. The van der Waals surface area contributed by atoms with Gasteiger partial charge in [-0.25, -0.2) is 8.78 Å². The summed E-state index contributed by atoms with van der Waals surface area (Å²) in [5.74, 6) is -0.401. The van der Waals surface area contributed by atoms with E-state index >= 15 is 0 Å². The van der Waals surface area contributed by atoms with Crippen LogP contribution in [-0.2, 0) is 0 Å². The minimum Gasteiger partial charge on any atom is -0.299 e. The fraction of sp³-hybridized carbons (Fsp3) is 0.538. The fourth-order valence-corrected chi connectivity index (χ4v) is 1.22. The first-order valence-electron chi connectivity index (χ1n) is 5.52. The van der Waals surface area contributed by atoms with Gasteiger partial charge in [-0.15, -0.1) is 13.2 Å². The monoisotopic (exact) mass is 231 g/mol. The van der Waals surface area contributed by atoms with Crippen LogP contribution in [0.15, 0.2) is 38.0 Å². The van der Waals surface area contributed by atoms with E-state index in [2.05, 4.69) is 19.7 Å². The second-order valence-corrected chi connectivity index (χ2v) is 2.98. The van der Waals surface area contributed by atoms with Gasteiger partial charge < -0.3 is 0 Å². The molecule has 94 valence electrons. The van der Waals surface area contributed by atoms with Crippen molar-refractivity contribution in [3.63, 3.8) is 0 Å². The highest BCUT2D eigenvalue weighted by atomic mass is 19.3. The largest absolute Gasteiger partial charge is 0.299 e. The zero-order valence-corrected chi connectivity index (χ0v) is 10.3. The average Bonchev–Trinajstić information content (AvgIpc) is 2.26. The van der Waals surface area contributed by atoms with Crippen molar-refractivity contribution in [1.82, 2.24) is 4.90 Å². The van der Waals surface area contributed by atoms with Gasteiger partial charge >= 0.3 is 0 Å². The third kappa shape index (κ3) is 7.35. The Bertz CT molecular complexity index is 184. The molecule has 0 aromatic carbocycles. The van der Waals surface area contributed by atoms with Crippen LogP contribution in [0.1, 0.15) is 13.8 Å². The zero-order valence-electron chi connectivity index (χ0n) is 10.3. The first-order valence-corrected chi connectivity index (χ1v) is 5.52. The van der Waals surface area contributed by atoms with Crippen LogP contribution in [0.3, 0.4) is 0 Å². The van der Waals surface area contributed by atoms with Crippen LogP contribution in [0.5, 0.6) is 0 Å². The number of halogens is 2. The number of rotatable bonds is 4. The second kappa shape index (κ2) is 12.1. The highest BCUT2D eigenvalue weighted by Gasteiger charge is 2.32. The highest BCUT2D eigenvalue weighted by Crippen LogP contribution is 2.21. The summed E-state index contributed by atoms with van der Waals surface area (Å²) < 4.78 is 24.0. The number of hydrogen-bond donors (Lipinski definition) is 0. The molecule has 1 rings (SSSR count). The van der Waals surface area contributed by atoms with Crippen molar-refractivity contribution in [2.45, 2.75) is 20.3 Å². The second-order valence-electron chi connectivity index (χ2n) is 2.98. The summed E-state index contributed by atoms with van der Waals surface area (Å²) in [6.45, 7) is 15.3. The summed E-state index contributed by atoms with van der Waals surface area (Å²) >= 11 is 0. The van der Waals surface area contributed by atoms with Crippen LogP contribution in [0.25, 0.3) is 0 Å². The fourth-order valence-electron chi connectivity index (χ4n) is 1.22. The van der Waals surface area contributed by atoms with Crippen LogP contribution < -0.4 is 0 Å². The van der Waals surface area contributed by atoms with E-state index < -0.39 is 12.3 Å². The Balaban J connectivity index is 0. The summed E-state index contributed by atoms with van der Waals surface area (Å²) in [4.78, 5) is 1.98. The van der Waals surface area contributed by atoms with Gasteiger partial charge in [-0.2, -0.15) is 0 Å². The first kappa shape index (κ1) is 17.4. The Kier molecular flexibility index (Phi) is 13.2. The molecule has 1 heterocycles. The summed E-state index contributed by atoms with van der Waals surface area (Å²) in [5.41, 5.74) is 0. The molecule has 3 heteroatoms. The Morgan fingerprint density at radius 3 is 2.19 bits per heavy atom. The van der Waals surface area contributed by atoms with Crippen LogP contribution in [-0.4, -0.2) is 31.0 Å². The molecule has 1 nitrogen and oxygen atoms in total. The molecule has 0 aromatic heterocycles. The van der Waals surface area contributed by atoms with Gasteiger partial charge in [-0.1, -0.05) is 38.7 Å². The van der Waals surface area contributed by atoms with Crippen molar-refractivity contribution >= 4 is 0 Å². The molecule has 0 N–H and O–H groups in total. The van der Waals surface area contributed by atoms with Gasteiger partial charge in [0.25, 0.3) is 0 Å². The number of allylic oxidation sites excluding steroid dienone is 2. The van der Waals surface area contributed by atoms with E-state index in [1.54, 1.807) is 6.08 Å². The SMILES string of the molecule is C=C.C=C/C=C/CN1CC(C(F)F)C1.CC. The molecule has 0 aromatic rings. The van der Waals surface area contributed by atoms with Gasteiger partial charge in [-0.3, -0.25) is 4.90 Å². The van der Waals surface area contributed by atoms with Gasteiger partial charge in [0.2, 0.25) is 6.43 Å². The molecule has 1 saturated heterocycles. The van der Waals surface area contributed by atoms with E-state index in [0.29, 0.717) is 13.1 Å². The van der Waals surface area contributed by atoms with Gasteiger partial charge in [0.1, 0.15) is 0 Å². The normalized spacial score (nSPS) is 15.8. The maximum Gasteiger partial charge on any atom is 0.243 e. The highest BCUT2D eigenvalue weighted by molar-refractivity contribution is 4.99. The molecule has 0 saturated carbocycles. The van der Waals surface area contributed by atoms with Crippen molar-refractivity contribution in [1.29, 1.82) is 0 Å². The molecule has 0 atom stereocenters. The molecule has 0 aliphatic carbocycles. The summed E-state index contributed by atoms with van der Waals surface area (Å²) in [6, 6.07) is 0. The predicted octanol–water partition coefficient (Wildman–Crippen LogP) is 3.75. The molecule has 1 aliphatic rings. The predicted molar refractivity (Wildman–Crippen MR) is 67.9 cm³/mol. The Labute approximate surface area is 98.1 Å². The molecule has 0 spiro atoms. The smallest absolute Gasteiger partial charge is 0.243 e. The van der Waals surface area contributed by atoms with E-state index in [-0.39, 0.29) is 0 Å². The van der Waals surface area contributed by atoms with Crippen LogP contribution in [0, 0.1) is 5.92 Å². The topological polar surface area (TPSA) is 3.24 Å². The van der Waals surface area contributed by atoms with E-state index in [1.165, 1.54) is 0 Å². The van der Waals surface area contributed by atoms with Crippen molar-refractivity contribution in [3.05, 3.63) is 38.0 Å². The summed E-state index contributed by atoms with van der Waals surface area (Å²) in [5, 5.41) is 0. The van der Waals surface area contributed by atoms with Crippen LogP contribution in [0.2, 0.25) is 0 Å². The number of likely N-dealkylation sites (tertiary alicyclic amines) is 1. The maximum absolute atomic E-state index is 12.0. The lowest BCUT2D eigenvalue weighted by molar-refractivity contribution is -0.0186. The Morgan fingerprint density at radius 2 is 1.81 bits per heavy atom. The minimum atomic E-state index is -2.15. The van der Waals surface area contributed by atoms with Crippen LogP contribution in [0.4, 0.5) is 8.78 Å². The lowest BCUT2D eigenvalue weighted by Crippen LogP contribution is -2.49. The van der Waals surface area contributed by atoms with Crippen molar-refractivity contribution in [2.24, 2.45) is 5.92 Å². The number of alkyl halides is 2. The quantitative estimate of drug-likeness (QED) is 0.526. The van der Waals surface area contributed by atoms with Crippen molar-refractivity contribution < 1.29 is 8.78 Å². The maximum atomic E-state index is 12.0. The number of hydrogen-bond acceptors (Lipinski definition) is 1. The molecular formula is C13H23F2N. The average molecular weight is 231 g/mol. The molecule has 1 aliphatic heterocycles. The standard InChI is InChI=1S/C9H13F2N.C2H6.C2H4/c1-2-3-4-5-12-6-8(7-12)9(10)11;2*1-2/h2-4,8-9H,1,5-7H2;1-2H3;1-2H2/b4-3+;;. The molecule has 16 heavy (non-hydrogen) atoms. The van der Waals surface area contributed by atoms with E-state index in [0.717, 1.165) is 6.54 Å². The lowest BCUT2D eigenvalue weighted by Gasteiger charge is -2.37. The molecule has 0 unspecified atom stereocenters. The van der Waals surface area contributed by atoms with E-state index in [9.17, 15) is 8.78 Å². The van der Waals surface area contributed by atoms with Gasteiger partial charge in [-0.05, 0) is 0 Å². The van der Waals surface area contributed by atoms with Crippen molar-refractivity contribution in [2.75, 3.05) is 19.6 Å². The van der Waals surface area contributed by atoms with Crippen molar-refractivity contribution in [3.8, 4) is 0 Å². The first-order chi connectivity index (χ1) is 7.74. The van der Waals surface area contributed by atoms with E-state index in [1.807, 2.05) is 30.9 Å². The molecule has 0 amide bonds.